The average molecular weight is 250 g/mol. The summed E-state index contributed by atoms with van der Waals surface area (Å²) in [5.74, 6) is -0.238. The number of thiazole rings is 1. The van der Waals surface area contributed by atoms with Crippen molar-refractivity contribution in [2.24, 2.45) is 5.73 Å². The first-order chi connectivity index (χ1) is 7.94. The van der Waals surface area contributed by atoms with Gasteiger partial charge >= 0.3 is 0 Å². The van der Waals surface area contributed by atoms with Gasteiger partial charge in [0.2, 0.25) is 0 Å². The Balaban J connectivity index is 2.24. The molecule has 0 spiro atoms. The molecule has 0 bridgehead atoms. The first-order valence-electron chi connectivity index (χ1n) is 5.43. The topological polar surface area (TPSA) is 38.9 Å². The lowest BCUT2D eigenvalue weighted by atomic mass is 10.0. The highest BCUT2D eigenvalue weighted by Gasteiger charge is 2.14. The van der Waals surface area contributed by atoms with Crippen molar-refractivity contribution < 1.29 is 4.39 Å². The Kier molecular flexibility index (Phi) is 3.26. The van der Waals surface area contributed by atoms with Crippen LogP contribution < -0.4 is 5.73 Å². The predicted octanol–water partition coefficient (Wildman–Crippen LogP) is 3.23. The van der Waals surface area contributed by atoms with E-state index in [2.05, 4.69) is 4.98 Å². The molecule has 0 aliphatic rings. The maximum Gasteiger partial charge on any atom is 0.123 e. The molecule has 4 heteroatoms. The Labute approximate surface area is 104 Å². The van der Waals surface area contributed by atoms with Crippen LogP contribution in [-0.2, 0) is 6.42 Å². The van der Waals surface area contributed by atoms with Gasteiger partial charge in [-0.1, -0.05) is 12.1 Å². The summed E-state index contributed by atoms with van der Waals surface area (Å²) in [4.78, 5) is 4.48. The molecule has 0 radical (unpaired) electrons. The first-order valence-corrected chi connectivity index (χ1v) is 6.31. The molecule has 2 nitrogen and oxygen atoms in total. The molecule has 0 unspecified atom stereocenters. The average Bonchev–Trinajstić information content (AvgIpc) is 2.63. The molecule has 1 aromatic carbocycles. The maximum atomic E-state index is 13.1. The number of nitrogens with zero attached hydrogens (tertiary/aromatic N) is 1. The van der Waals surface area contributed by atoms with Crippen molar-refractivity contribution >= 4 is 11.3 Å². The van der Waals surface area contributed by atoms with Crippen LogP contribution in [0, 0.1) is 5.82 Å². The van der Waals surface area contributed by atoms with Crippen molar-refractivity contribution in [3.63, 3.8) is 0 Å². The monoisotopic (exact) mass is 250 g/mol. The zero-order valence-corrected chi connectivity index (χ0v) is 10.7. The van der Waals surface area contributed by atoms with Crippen molar-refractivity contribution in [3.8, 4) is 10.6 Å². The molecule has 0 amide bonds. The van der Waals surface area contributed by atoms with E-state index in [-0.39, 0.29) is 11.4 Å². The van der Waals surface area contributed by atoms with E-state index in [0.29, 0.717) is 0 Å². The Morgan fingerprint density at radius 3 is 2.82 bits per heavy atom. The quantitative estimate of drug-likeness (QED) is 0.908. The molecule has 0 saturated heterocycles. The molecule has 0 atom stereocenters. The normalized spacial score (nSPS) is 11.8. The molecular weight excluding hydrogens is 235 g/mol. The third kappa shape index (κ3) is 3.35. The van der Waals surface area contributed by atoms with Gasteiger partial charge in [-0.15, -0.1) is 11.3 Å². The van der Waals surface area contributed by atoms with E-state index in [9.17, 15) is 4.39 Å². The van der Waals surface area contributed by atoms with Gasteiger partial charge in [0.05, 0.1) is 5.69 Å². The van der Waals surface area contributed by atoms with Gasteiger partial charge in [-0.3, -0.25) is 0 Å². The fourth-order valence-corrected chi connectivity index (χ4v) is 2.43. The van der Waals surface area contributed by atoms with Gasteiger partial charge < -0.3 is 5.73 Å². The lowest BCUT2D eigenvalue weighted by molar-refractivity contribution is 0.511. The van der Waals surface area contributed by atoms with Gasteiger partial charge in [-0.25, -0.2) is 9.37 Å². The molecule has 1 heterocycles. The second kappa shape index (κ2) is 4.55. The van der Waals surface area contributed by atoms with Crippen LogP contribution in [0.4, 0.5) is 4.39 Å². The molecule has 0 aliphatic heterocycles. The summed E-state index contributed by atoms with van der Waals surface area (Å²) in [6.45, 7) is 3.93. The fraction of sp³-hybridized carbons (Fsp3) is 0.308. The number of benzene rings is 1. The van der Waals surface area contributed by atoms with Gasteiger partial charge in [0.1, 0.15) is 10.8 Å². The lowest BCUT2D eigenvalue weighted by Crippen LogP contribution is -2.34. The number of hydrogen-bond donors (Lipinski definition) is 1. The van der Waals surface area contributed by atoms with Gasteiger partial charge in [0.15, 0.2) is 0 Å². The van der Waals surface area contributed by atoms with E-state index in [1.54, 1.807) is 6.07 Å². The van der Waals surface area contributed by atoms with Crippen LogP contribution >= 0.6 is 11.3 Å². The van der Waals surface area contributed by atoms with Crippen LogP contribution in [0.3, 0.4) is 0 Å². The van der Waals surface area contributed by atoms with E-state index in [1.807, 2.05) is 25.3 Å². The van der Waals surface area contributed by atoms with Crippen LogP contribution in [0.15, 0.2) is 29.6 Å². The van der Waals surface area contributed by atoms with E-state index in [4.69, 9.17) is 5.73 Å². The number of aromatic nitrogens is 1. The van der Waals surface area contributed by atoms with Crippen molar-refractivity contribution in [1.29, 1.82) is 0 Å². The summed E-state index contributed by atoms with van der Waals surface area (Å²) in [6.07, 6.45) is 0.721. The molecule has 0 fully saturated rings. The van der Waals surface area contributed by atoms with Crippen molar-refractivity contribution in [2.75, 3.05) is 0 Å². The summed E-state index contributed by atoms with van der Waals surface area (Å²) in [5.41, 5.74) is 7.45. The second-order valence-corrected chi connectivity index (χ2v) is 5.68. The molecule has 0 saturated carbocycles. The molecular formula is C13H15FN2S. The van der Waals surface area contributed by atoms with Gasteiger partial charge in [-0.05, 0) is 26.0 Å². The maximum absolute atomic E-state index is 13.1. The van der Waals surface area contributed by atoms with Crippen LogP contribution in [0.1, 0.15) is 19.5 Å². The van der Waals surface area contributed by atoms with Crippen LogP contribution in [0.2, 0.25) is 0 Å². The van der Waals surface area contributed by atoms with E-state index in [0.717, 1.165) is 22.7 Å². The molecule has 17 heavy (non-hydrogen) atoms. The highest BCUT2D eigenvalue weighted by molar-refractivity contribution is 7.13. The van der Waals surface area contributed by atoms with Crippen molar-refractivity contribution in [1.82, 2.24) is 4.98 Å². The van der Waals surface area contributed by atoms with Gasteiger partial charge in [0.25, 0.3) is 0 Å². The molecule has 2 rings (SSSR count). The van der Waals surface area contributed by atoms with Crippen LogP contribution in [-0.4, -0.2) is 10.5 Å². The summed E-state index contributed by atoms with van der Waals surface area (Å²) in [5, 5.41) is 2.82. The highest BCUT2D eigenvalue weighted by Crippen LogP contribution is 2.25. The Morgan fingerprint density at radius 1 is 1.41 bits per heavy atom. The number of nitrogens with two attached hydrogens (primary N) is 1. The highest BCUT2D eigenvalue weighted by atomic mass is 32.1. The van der Waals surface area contributed by atoms with Crippen LogP contribution in [0.5, 0.6) is 0 Å². The summed E-state index contributed by atoms with van der Waals surface area (Å²) >= 11 is 1.52. The zero-order valence-electron chi connectivity index (χ0n) is 9.90. The van der Waals surface area contributed by atoms with Crippen molar-refractivity contribution in [3.05, 3.63) is 41.2 Å². The fourth-order valence-electron chi connectivity index (χ4n) is 1.61. The van der Waals surface area contributed by atoms with Crippen LogP contribution in [0.25, 0.3) is 10.6 Å². The molecule has 0 aliphatic carbocycles. The number of hydrogen-bond acceptors (Lipinski definition) is 3. The smallest absolute Gasteiger partial charge is 0.123 e. The SMILES string of the molecule is CC(C)(N)Cc1csc(-c2cccc(F)c2)n1. The third-order valence-corrected chi connectivity index (χ3v) is 3.20. The minimum Gasteiger partial charge on any atom is -0.325 e. The largest absolute Gasteiger partial charge is 0.325 e. The van der Waals surface area contributed by atoms with E-state index < -0.39 is 0 Å². The minimum absolute atomic E-state index is 0.238. The van der Waals surface area contributed by atoms with Crippen molar-refractivity contribution in [2.45, 2.75) is 25.8 Å². The Morgan fingerprint density at radius 2 is 2.18 bits per heavy atom. The molecule has 2 aromatic rings. The zero-order chi connectivity index (χ0) is 12.5. The molecule has 2 N–H and O–H groups in total. The van der Waals surface area contributed by atoms with E-state index >= 15 is 0 Å². The van der Waals surface area contributed by atoms with Gasteiger partial charge in [-0.2, -0.15) is 0 Å². The summed E-state index contributed by atoms with van der Waals surface area (Å²) in [7, 11) is 0. The number of rotatable bonds is 3. The lowest BCUT2D eigenvalue weighted by Gasteiger charge is -2.16. The number of halogens is 1. The van der Waals surface area contributed by atoms with Gasteiger partial charge in [0, 0.05) is 22.9 Å². The summed E-state index contributed by atoms with van der Waals surface area (Å²) < 4.78 is 13.1. The first kappa shape index (κ1) is 12.2. The van der Waals surface area contributed by atoms with E-state index in [1.165, 1.54) is 23.5 Å². The Hall–Kier alpha value is -1.26. The summed E-state index contributed by atoms with van der Waals surface area (Å²) in [6, 6.07) is 6.48. The molecule has 90 valence electrons. The minimum atomic E-state index is -0.271. The predicted molar refractivity (Wildman–Crippen MR) is 69.5 cm³/mol. The second-order valence-electron chi connectivity index (χ2n) is 4.82. The standard InChI is InChI=1S/C13H15FN2S/c1-13(2,15)7-11-8-17-12(16-11)9-4-3-5-10(14)6-9/h3-6,8H,7,15H2,1-2H3. The third-order valence-electron chi connectivity index (χ3n) is 2.26. The Bertz CT molecular complexity index is 514. The molecule has 1 aromatic heterocycles.